The lowest BCUT2D eigenvalue weighted by molar-refractivity contribution is -0.142. The molecule has 2 rings (SSSR count). The minimum absolute atomic E-state index is 0.140. The molecule has 0 saturated carbocycles. The van der Waals surface area contributed by atoms with Gasteiger partial charge in [-0.3, -0.25) is 9.48 Å². The Balaban J connectivity index is 2.41. The van der Waals surface area contributed by atoms with Gasteiger partial charge in [0.2, 0.25) is 0 Å². The smallest absolute Gasteiger partial charge is 0.352 e. The summed E-state index contributed by atoms with van der Waals surface area (Å²) in [5.74, 6) is -0.185. The van der Waals surface area contributed by atoms with Crippen LogP contribution in [0.3, 0.4) is 0 Å². The Morgan fingerprint density at radius 2 is 1.91 bits per heavy atom. The molecule has 0 unspecified atom stereocenters. The molecule has 0 saturated heterocycles. The zero-order valence-corrected chi connectivity index (χ0v) is 12.9. The molecule has 1 heterocycles. The second-order valence-corrected chi connectivity index (χ2v) is 5.65. The summed E-state index contributed by atoms with van der Waals surface area (Å²) >= 11 is 0. The van der Waals surface area contributed by atoms with E-state index in [0.717, 1.165) is 4.68 Å². The lowest BCUT2D eigenvalue weighted by atomic mass is 10.1. The van der Waals surface area contributed by atoms with Gasteiger partial charge in [0.1, 0.15) is 6.54 Å². The standard InChI is InChI=1S/C16H18F3N3O/c1-11(2)8-20-15(23)13-9-21-22(10-16(17,18)19)14(13)12-6-4-3-5-7-12/h3-7,9,11H,8,10H2,1-2H3,(H,20,23). The van der Waals surface area contributed by atoms with Crippen LogP contribution in [0.2, 0.25) is 0 Å². The first-order chi connectivity index (χ1) is 10.8. The number of nitrogens with one attached hydrogen (secondary N) is 1. The molecule has 0 fully saturated rings. The van der Waals surface area contributed by atoms with Crippen molar-refractivity contribution in [1.29, 1.82) is 0 Å². The summed E-state index contributed by atoms with van der Waals surface area (Å²) in [4.78, 5) is 12.3. The van der Waals surface area contributed by atoms with Gasteiger partial charge in [0.05, 0.1) is 17.5 Å². The minimum Gasteiger partial charge on any atom is -0.352 e. The molecule has 2 aromatic rings. The highest BCUT2D eigenvalue weighted by atomic mass is 19.4. The van der Waals surface area contributed by atoms with Crippen molar-refractivity contribution in [3.8, 4) is 11.3 Å². The number of carbonyl (C=O) groups is 1. The average Bonchev–Trinajstić information content (AvgIpc) is 2.87. The Morgan fingerprint density at radius 1 is 1.26 bits per heavy atom. The fraction of sp³-hybridized carbons (Fsp3) is 0.375. The summed E-state index contributed by atoms with van der Waals surface area (Å²) in [6.45, 7) is 3.07. The average molecular weight is 325 g/mol. The largest absolute Gasteiger partial charge is 0.408 e. The van der Waals surface area contributed by atoms with Crippen LogP contribution >= 0.6 is 0 Å². The zero-order chi connectivity index (χ0) is 17.0. The van der Waals surface area contributed by atoms with Crippen molar-refractivity contribution in [3.05, 3.63) is 42.1 Å². The van der Waals surface area contributed by atoms with Crippen LogP contribution in [0.15, 0.2) is 36.5 Å². The topological polar surface area (TPSA) is 46.9 Å². The number of carbonyl (C=O) groups excluding carboxylic acids is 1. The van der Waals surface area contributed by atoms with E-state index >= 15 is 0 Å². The van der Waals surface area contributed by atoms with Crippen LogP contribution in [0.25, 0.3) is 11.3 Å². The molecule has 0 spiro atoms. The van der Waals surface area contributed by atoms with Gasteiger partial charge in [0.15, 0.2) is 0 Å². The fourth-order valence-electron chi connectivity index (χ4n) is 2.13. The van der Waals surface area contributed by atoms with Crippen molar-refractivity contribution in [1.82, 2.24) is 15.1 Å². The highest BCUT2D eigenvalue weighted by Crippen LogP contribution is 2.27. The first kappa shape index (κ1) is 17.1. The Morgan fingerprint density at radius 3 is 2.48 bits per heavy atom. The molecule has 1 aromatic carbocycles. The van der Waals surface area contributed by atoms with Crippen LogP contribution in [0.4, 0.5) is 13.2 Å². The van der Waals surface area contributed by atoms with Crippen LogP contribution in [0, 0.1) is 5.92 Å². The number of hydrogen-bond donors (Lipinski definition) is 1. The number of rotatable bonds is 5. The van der Waals surface area contributed by atoms with Gasteiger partial charge in [-0.1, -0.05) is 44.2 Å². The second kappa shape index (κ2) is 6.85. The maximum atomic E-state index is 12.7. The molecule has 0 aliphatic carbocycles. The van der Waals surface area contributed by atoms with Gasteiger partial charge in [-0.05, 0) is 5.92 Å². The van der Waals surface area contributed by atoms with Gasteiger partial charge in [-0.15, -0.1) is 0 Å². The third-order valence-electron chi connectivity index (χ3n) is 3.13. The predicted octanol–water partition coefficient (Wildman–Crippen LogP) is 3.50. The number of halogens is 3. The van der Waals surface area contributed by atoms with E-state index in [1.807, 2.05) is 13.8 Å². The van der Waals surface area contributed by atoms with Crippen molar-refractivity contribution < 1.29 is 18.0 Å². The number of amides is 1. The van der Waals surface area contributed by atoms with Gasteiger partial charge in [-0.25, -0.2) is 0 Å². The van der Waals surface area contributed by atoms with Crippen molar-refractivity contribution in [2.75, 3.05) is 6.54 Å². The van der Waals surface area contributed by atoms with Gasteiger partial charge in [0, 0.05) is 12.1 Å². The van der Waals surface area contributed by atoms with Crippen LogP contribution in [-0.2, 0) is 6.54 Å². The predicted molar refractivity (Wildman–Crippen MR) is 80.9 cm³/mol. The van der Waals surface area contributed by atoms with Gasteiger partial charge >= 0.3 is 6.18 Å². The lowest BCUT2D eigenvalue weighted by Crippen LogP contribution is -2.27. The molecular weight excluding hydrogens is 307 g/mol. The SMILES string of the molecule is CC(C)CNC(=O)c1cnn(CC(F)(F)F)c1-c1ccccc1. The number of aromatic nitrogens is 2. The molecule has 1 aromatic heterocycles. The molecule has 0 bridgehead atoms. The Hall–Kier alpha value is -2.31. The molecule has 0 aliphatic heterocycles. The summed E-state index contributed by atoms with van der Waals surface area (Å²) < 4.78 is 39.0. The summed E-state index contributed by atoms with van der Waals surface area (Å²) in [5.41, 5.74) is 0.828. The fourth-order valence-corrected chi connectivity index (χ4v) is 2.13. The van der Waals surface area contributed by atoms with Crippen molar-refractivity contribution in [2.45, 2.75) is 26.6 Å². The van der Waals surface area contributed by atoms with Crippen LogP contribution in [0.5, 0.6) is 0 Å². The van der Waals surface area contributed by atoms with Crippen molar-refractivity contribution in [2.24, 2.45) is 5.92 Å². The summed E-state index contributed by atoms with van der Waals surface area (Å²) in [5, 5.41) is 6.47. The molecule has 124 valence electrons. The number of hydrogen-bond acceptors (Lipinski definition) is 2. The van der Waals surface area contributed by atoms with E-state index in [4.69, 9.17) is 0 Å². The summed E-state index contributed by atoms with van der Waals surface area (Å²) in [6.07, 6.45) is -3.23. The molecule has 7 heteroatoms. The Bertz CT molecular complexity index is 663. The number of benzene rings is 1. The molecular formula is C16H18F3N3O. The van der Waals surface area contributed by atoms with E-state index in [-0.39, 0.29) is 17.2 Å². The van der Waals surface area contributed by atoms with Crippen LogP contribution in [-0.4, -0.2) is 28.4 Å². The van der Waals surface area contributed by atoms with Gasteiger partial charge < -0.3 is 5.32 Å². The zero-order valence-electron chi connectivity index (χ0n) is 12.9. The van der Waals surface area contributed by atoms with Crippen molar-refractivity contribution in [3.63, 3.8) is 0 Å². The van der Waals surface area contributed by atoms with Crippen LogP contribution in [0.1, 0.15) is 24.2 Å². The normalized spacial score (nSPS) is 11.7. The molecule has 4 nitrogen and oxygen atoms in total. The number of nitrogens with zero attached hydrogens (tertiary/aromatic N) is 2. The monoisotopic (exact) mass is 325 g/mol. The summed E-state index contributed by atoms with van der Waals surface area (Å²) in [6, 6.07) is 8.48. The third-order valence-corrected chi connectivity index (χ3v) is 3.13. The quantitative estimate of drug-likeness (QED) is 0.914. The Kier molecular flexibility index (Phi) is 5.08. The first-order valence-corrected chi connectivity index (χ1v) is 7.24. The van der Waals surface area contributed by atoms with E-state index in [1.165, 1.54) is 6.20 Å². The van der Waals surface area contributed by atoms with E-state index < -0.39 is 18.6 Å². The summed E-state index contributed by atoms with van der Waals surface area (Å²) in [7, 11) is 0. The molecule has 0 aliphatic rings. The molecule has 1 amide bonds. The Labute approximate surface area is 132 Å². The van der Waals surface area contributed by atoms with E-state index in [9.17, 15) is 18.0 Å². The van der Waals surface area contributed by atoms with Gasteiger partial charge in [-0.2, -0.15) is 18.3 Å². The molecule has 23 heavy (non-hydrogen) atoms. The number of alkyl halides is 3. The lowest BCUT2D eigenvalue weighted by Gasteiger charge is -2.12. The first-order valence-electron chi connectivity index (χ1n) is 7.24. The van der Waals surface area contributed by atoms with Gasteiger partial charge in [0.25, 0.3) is 5.91 Å². The molecule has 1 N–H and O–H groups in total. The maximum Gasteiger partial charge on any atom is 0.408 e. The van der Waals surface area contributed by atoms with E-state index in [2.05, 4.69) is 10.4 Å². The van der Waals surface area contributed by atoms with Crippen LogP contribution < -0.4 is 5.32 Å². The van der Waals surface area contributed by atoms with E-state index in [0.29, 0.717) is 12.1 Å². The highest BCUT2D eigenvalue weighted by molar-refractivity contribution is 5.99. The second-order valence-electron chi connectivity index (χ2n) is 5.65. The third kappa shape index (κ3) is 4.58. The van der Waals surface area contributed by atoms with Crippen molar-refractivity contribution >= 4 is 5.91 Å². The van der Waals surface area contributed by atoms with E-state index in [1.54, 1.807) is 30.3 Å². The maximum absolute atomic E-state index is 12.7. The highest BCUT2D eigenvalue weighted by Gasteiger charge is 2.31. The minimum atomic E-state index is -4.42. The molecule has 0 radical (unpaired) electrons. The molecule has 0 atom stereocenters.